The molecule has 1 rings (SSSR count). The van der Waals surface area contributed by atoms with Gasteiger partial charge in [-0.1, -0.05) is 19.9 Å². The van der Waals surface area contributed by atoms with Gasteiger partial charge in [-0.25, -0.2) is 0 Å². The summed E-state index contributed by atoms with van der Waals surface area (Å²) in [6, 6.07) is 5.85. The molecule has 0 spiro atoms. The van der Waals surface area contributed by atoms with Gasteiger partial charge in [0.05, 0.1) is 0 Å². The van der Waals surface area contributed by atoms with Crippen molar-refractivity contribution in [2.45, 2.75) is 26.2 Å². The van der Waals surface area contributed by atoms with Crippen molar-refractivity contribution < 1.29 is 5.11 Å². The lowest BCUT2D eigenvalue weighted by Gasteiger charge is -2.09. The summed E-state index contributed by atoms with van der Waals surface area (Å²) >= 11 is 0. The summed E-state index contributed by atoms with van der Waals surface area (Å²) in [5.74, 6) is 0.845. The Kier molecular flexibility index (Phi) is 3.96. The van der Waals surface area contributed by atoms with Gasteiger partial charge < -0.3 is 10.4 Å². The number of hydrogen-bond acceptors (Lipinski definition) is 2. The maximum atomic E-state index is 9.52. The summed E-state index contributed by atoms with van der Waals surface area (Å²) in [6.07, 6.45) is 0.963. The molecule has 0 heterocycles. The second-order valence-electron chi connectivity index (χ2n) is 3.94. The van der Waals surface area contributed by atoms with Gasteiger partial charge in [0.25, 0.3) is 0 Å². The summed E-state index contributed by atoms with van der Waals surface area (Å²) in [5.41, 5.74) is 2.40. The third-order valence-corrected chi connectivity index (χ3v) is 2.33. The predicted molar refractivity (Wildman–Crippen MR) is 59.8 cm³/mol. The molecule has 0 atom stereocenters. The van der Waals surface area contributed by atoms with Crippen LogP contribution in [0, 0.1) is 0 Å². The second kappa shape index (κ2) is 5.01. The fraction of sp³-hybridized carbons (Fsp3) is 0.500. The molecule has 0 saturated heterocycles. The molecule has 0 aliphatic heterocycles. The molecule has 1 aromatic rings. The maximum absolute atomic E-state index is 9.52. The van der Waals surface area contributed by atoms with E-state index in [4.69, 9.17) is 0 Å². The minimum Gasteiger partial charge on any atom is -0.508 e. The minimum absolute atomic E-state index is 0.377. The van der Waals surface area contributed by atoms with Crippen LogP contribution in [-0.2, 0) is 6.42 Å². The van der Waals surface area contributed by atoms with Gasteiger partial charge in [-0.2, -0.15) is 0 Å². The lowest BCUT2D eigenvalue weighted by Crippen LogP contribution is -2.10. The normalized spacial score (nSPS) is 10.9. The molecule has 0 fully saturated rings. The van der Waals surface area contributed by atoms with Gasteiger partial charge in [-0.15, -0.1) is 0 Å². The third kappa shape index (κ3) is 3.04. The van der Waals surface area contributed by atoms with Gasteiger partial charge in [0.2, 0.25) is 0 Å². The van der Waals surface area contributed by atoms with Crippen molar-refractivity contribution >= 4 is 0 Å². The zero-order valence-corrected chi connectivity index (χ0v) is 9.17. The van der Waals surface area contributed by atoms with Crippen molar-refractivity contribution in [2.75, 3.05) is 13.6 Å². The molecule has 0 aliphatic rings. The van der Waals surface area contributed by atoms with Crippen LogP contribution in [-0.4, -0.2) is 18.7 Å². The first-order valence-corrected chi connectivity index (χ1v) is 5.11. The predicted octanol–water partition coefficient (Wildman–Crippen LogP) is 2.28. The first-order chi connectivity index (χ1) is 6.63. The van der Waals surface area contributed by atoms with Crippen LogP contribution in [0.2, 0.25) is 0 Å². The van der Waals surface area contributed by atoms with Crippen LogP contribution in [0.4, 0.5) is 0 Å². The largest absolute Gasteiger partial charge is 0.508 e. The topological polar surface area (TPSA) is 32.3 Å². The van der Waals surface area contributed by atoms with E-state index in [2.05, 4.69) is 25.2 Å². The highest BCUT2D eigenvalue weighted by Crippen LogP contribution is 2.22. The fourth-order valence-corrected chi connectivity index (χ4v) is 1.45. The Hall–Kier alpha value is -1.02. The van der Waals surface area contributed by atoms with Crippen molar-refractivity contribution in [3.05, 3.63) is 29.3 Å². The molecule has 0 radical (unpaired) electrons. The highest BCUT2D eigenvalue weighted by atomic mass is 16.3. The quantitative estimate of drug-likeness (QED) is 0.769. The lowest BCUT2D eigenvalue weighted by atomic mass is 9.99. The van der Waals surface area contributed by atoms with Crippen LogP contribution in [0.3, 0.4) is 0 Å². The van der Waals surface area contributed by atoms with Gasteiger partial charge >= 0.3 is 0 Å². The molecule has 2 N–H and O–H groups in total. The Balaban J connectivity index is 2.84. The molecule has 0 unspecified atom stereocenters. The van der Waals surface area contributed by atoms with Gasteiger partial charge in [0, 0.05) is 0 Å². The molecule has 0 aliphatic carbocycles. The number of likely N-dealkylation sites (N-methyl/N-ethyl adjacent to an activating group) is 1. The van der Waals surface area contributed by atoms with E-state index >= 15 is 0 Å². The van der Waals surface area contributed by atoms with E-state index < -0.39 is 0 Å². The summed E-state index contributed by atoms with van der Waals surface area (Å²) in [7, 11) is 1.94. The molecule has 0 saturated carbocycles. The summed E-state index contributed by atoms with van der Waals surface area (Å²) in [6.45, 7) is 5.22. The summed E-state index contributed by atoms with van der Waals surface area (Å²) in [4.78, 5) is 0. The smallest absolute Gasteiger partial charge is 0.116 e. The molecule has 1 aromatic carbocycles. The average Bonchev–Trinajstić information content (AvgIpc) is 2.14. The Morgan fingerprint density at radius 2 is 2.00 bits per heavy atom. The van der Waals surface area contributed by atoms with Gasteiger partial charge in [0.1, 0.15) is 5.75 Å². The van der Waals surface area contributed by atoms with E-state index in [-0.39, 0.29) is 0 Å². The summed E-state index contributed by atoms with van der Waals surface area (Å²) in [5, 5.41) is 12.6. The number of benzene rings is 1. The maximum Gasteiger partial charge on any atom is 0.116 e. The molecular weight excluding hydrogens is 174 g/mol. The van der Waals surface area contributed by atoms with Crippen LogP contribution in [0.25, 0.3) is 0 Å². The van der Waals surface area contributed by atoms with Gasteiger partial charge in [0.15, 0.2) is 0 Å². The van der Waals surface area contributed by atoms with E-state index in [0.717, 1.165) is 13.0 Å². The van der Waals surface area contributed by atoms with E-state index in [1.54, 1.807) is 0 Å². The van der Waals surface area contributed by atoms with Gasteiger partial charge in [-0.3, -0.25) is 0 Å². The van der Waals surface area contributed by atoms with Crippen LogP contribution in [0.1, 0.15) is 30.9 Å². The molecule has 0 aromatic heterocycles. The SMILES string of the molecule is CNCCc1cc(O)cc(C(C)C)c1. The molecule has 0 bridgehead atoms. The first kappa shape index (κ1) is 11.1. The lowest BCUT2D eigenvalue weighted by molar-refractivity contribution is 0.473. The van der Waals surface area contributed by atoms with Crippen molar-refractivity contribution in [1.82, 2.24) is 5.32 Å². The van der Waals surface area contributed by atoms with Crippen molar-refractivity contribution in [2.24, 2.45) is 0 Å². The first-order valence-electron chi connectivity index (χ1n) is 5.11. The monoisotopic (exact) mass is 193 g/mol. The Bertz CT molecular complexity index is 294. The van der Waals surface area contributed by atoms with Crippen LogP contribution in [0.5, 0.6) is 5.75 Å². The van der Waals surface area contributed by atoms with Crippen LogP contribution in [0.15, 0.2) is 18.2 Å². The number of aromatic hydroxyl groups is 1. The molecule has 0 amide bonds. The fourth-order valence-electron chi connectivity index (χ4n) is 1.45. The van der Waals surface area contributed by atoms with Crippen LogP contribution < -0.4 is 5.32 Å². The average molecular weight is 193 g/mol. The summed E-state index contributed by atoms with van der Waals surface area (Å²) < 4.78 is 0. The minimum atomic E-state index is 0.377. The van der Waals surface area contributed by atoms with E-state index in [1.165, 1.54) is 11.1 Å². The number of phenolic OH excluding ortho intramolecular Hbond substituents is 1. The number of hydrogen-bond donors (Lipinski definition) is 2. The standard InChI is InChI=1S/C12H19NO/c1-9(2)11-6-10(4-5-13-3)7-12(14)8-11/h6-9,13-14H,4-5H2,1-3H3. The highest BCUT2D eigenvalue weighted by molar-refractivity contribution is 5.35. The third-order valence-electron chi connectivity index (χ3n) is 2.33. The van der Waals surface area contributed by atoms with Crippen molar-refractivity contribution in [1.29, 1.82) is 0 Å². The second-order valence-corrected chi connectivity index (χ2v) is 3.94. The van der Waals surface area contributed by atoms with Gasteiger partial charge in [-0.05, 0) is 49.2 Å². The number of phenols is 1. The molecule has 2 nitrogen and oxygen atoms in total. The van der Waals surface area contributed by atoms with E-state index in [0.29, 0.717) is 11.7 Å². The zero-order valence-electron chi connectivity index (χ0n) is 9.17. The van der Waals surface area contributed by atoms with Crippen molar-refractivity contribution in [3.63, 3.8) is 0 Å². The van der Waals surface area contributed by atoms with E-state index in [1.807, 2.05) is 19.2 Å². The Morgan fingerprint density at radius 1 is 1.29 bits per heavy atom. The molecular formula is C12H19NO. The van der Waals surface area contributed by atoms with Crippen LogP contribution >= 0.6 is 0 Å². The molecule has 14 heavy (non-hydrogen) atoms. The number of rotatable bonds is 4. The number of nitrogens with one attached hydrogen (secondary N) is 1. The molecule has 78 valence electrons. The molecule has 2 heteroatoms. The van der Waals surface area contributed by atoms with Crippen molar-refractivity contribution in [3.8, 4) is 5.75 Å². The Labute approximate surface area is 86.0 Å². The highest BCUT2D eigenvalue weighted by Gasteiger charge is 2.03. The zero-order chi connectivity index (χ0) is 10.6. The Morgan fingerprint density at radius 3 is 2.57 bits per heavy atom. The van der Waals surface area contributed by atoms with E-state index in [9.17, 15) is 5.11 Å².